The first kappa shape index (κ1) is 20.8. The van der Waals surface area contributed by atoms with Gasteiger partial charge < -0.3 is 15.4 Å². The molecule has 1 aromatic heterocycles. The maximum Gasteiger partial charge on any atom is 0.191 e. The van der Waals surface area contributed by atoms with Crippen molar-refractivity contribution in [2.75, 3.05) is 20.2 Å². The Morgan fingerprint density at radius 1 is 1.30 bits per heavy atom. The first-order chi connectivity index (χ1) is 13.0. The number of guanidine groups is 1. The molecule has 2 aromatic rings. The molecule has 1 unspecified atom stereocenters. The molecule has 1 atom stereocenters. The minimum absolute atomic E-state index is 0.260. The molecule has 1 aromatic carbocycles. The molecule has 6 heteroatoms. The highest BCUT2D eigenvalue weighted by atomic mass is 16.5. The predicted octanol–water partition coefficient (Wildman–Crippen LogP) is 2.77. The van der Waals surface area contributed by atoms with Gasteiger partial charge in [-0.1, -0.05) is 18.2 Å². The summed E-state index contributed by atoms with van der Waals surface area (Å²) < 4.78 is 7.37. The number of aryl methyl sites for hydroxylation is 2. The second-order valence-electron chi connectivity index (χ2n) is 6.84. The molecule has 0 aliphatic rings. The third kappa shape index (κ3) is 5.74. The van der Waals surface area contributed by atoms with Gasteiger partial charge in [-0.25, -0.2) is 0 Å². The lowest BCUT2D eigenvalue weighted by Gasteiger charge is -2.18. The van der Waals surface area contributed by atoms with Crippen molar-refractivity contribution in [3.8, 4) is 5.75 Å². The molecule has 0 spiro atoms. The highest BCUT2D eigenvalue weighted by Gasteiger charge is 2.14. The molecule has 6 nitrogen and oxygen atoms in total. The molecule has 2 N–H and O–H groups in total. The van der Waals surface area contributed by atoms with Crippen LogP contribution in [0.5, 0.6) is 5.75 Å². The average molecular weight is 372 g/mol. The monoisotopic (exact) mass is 371 g/mol. The van der Waals surface area contributed by atoms with Crippen molar-refractivity contribution in [2.24, 2.45) is 12.0 Å². The lowest BCUT2D eigenvalue weighted by atomic mass is 10.1. The predicted molar refractivity (Wildman–Crippen MR) is 112 cm³/mol. The van der Waals surface area contributed by atoms with Crippen molar-refractivity contribution in [2.45, 2.75) is 46.6 Å². The second kappa shape index (κ2) is 10.00. The van der Waals surface area contributed by atoms with Crippen molar-refractivity contribution in [1.82, 2.24) is 20.4 Å². The van der Waals surface area contributed by atoms with E-state index in [0.717, 1.165) is 36.8 Å². The minimum Gasteiger partial charge on any atom is -0.496 e. The van der Waals surface area contributed by atoms with Crippen LogP contribution in [0.25, 0.3) is 0 Å². The van der Waals surface area contributed by atoms with Crippen LogP contribution in [0.4, 0.5) is 0 Å². The lowest BCUT2D eigenvalue weighted by molar-refractivity contribution is 0.410. The van der Waals surface area contributed by atoms with E-state index in [1.54, 1.807) is 7.11 Å². The van der Waals surface area contributed by atoms with E-state index in [1.807, 2.05) is 29.9 Å². The molecule has 148 valence electrons. The normalized spacial score (nSPS) is 12.7. The quantitative estimate of drug-likeness (QED) is 0.553. The van der Waals surface area contributed by atoms with Gasteiger partial charge in [-0.2, -0.15) is 5.10 Å². The highest BCUT2D eigenvalue weighted by molar-refractivity contribution is 5.80. The van der Waals surface area contributed by atoms with Crippen molar-refractivity contribution in [3.05, 3.63) is 46.8 Å². The summed E-state index contributed by atoms with van der Waals surface area (Å²) in [5.74, 6) is 1.76. The summed E-state index contributed by atoms with van der Waals surface area (Å²) in [4.78, 5) is 4.73. The molecule has 27 heavy (non-hydrogen) atoms. The SMILES string of the molecule is CCNC(=NCCc1ccccc1OC)NC(C)Cc1c(C)nn(C)c1C. The molecule has 0 aliphatic heterocycles. The Hall–Kier alpha value is -2.50. The number of aromatic nitrogens is 2. The molecular formula is C21H33N5O. The maximum atomic E-state index is 5.42. The first-order valence-electron chi connectivity index (χ1n) is 9.62. The summed E-state index contributed by atoms with van der Waals surface area (Å²) in [5.41, 5.74) is 4.80. The number of rotatable bonds is 8. The van der Waals surface area contributed by atoms with Crippen LogP contribution in [-0.4, -0.2) is 42.0 Å². The first-order valence-corrected chi connectivity index (χ1v) is 9.62. The molecule has 0 fully saturated rings. The van der Waals surface area contributed by atoms with Crippen molar-refractivity contribution < 1.29 is 4.74 Å². The van der Waals surface area contributed by atoms with E-state index in [0.29, 0.717) is 6.54 Å². The Kier molecular flexibility index (Phi) is 7.70. The van der Waals surface area contributed by atoms with E-state index in [2.05, 4.69) is 49.5 Å². The van der Waals surface area contributed by atoms with E-state index in [-0.39, 0.29) is 6.04 Å². The van der Waals surface area contributed by atoms with Crippen molar-refractivity contribution >= 4 is 5.96 Å². The Bertz CT molecular complexity index is 766. The zero-order chi connectivity index (χ0) is 19.8. The van der Waals surface area contributed by atoms with Gasteiger partial charge in [0.1, 0.15) is 5.75 Å². The zero-order valence-electron chi connectivity index (χ0n) is 17.5. The van der Waals surface area contributed by atoms with E-state index in [1.165, 1.54) is 16.8 Å². The van der Waals surface area contributed by atoms with E-state index < -0.39 is 0 Å². The average Bonchev–Trinajstić information content (AvgIpc) is 2.88. The Labute approximate surface area is 163 Å². The molecule has 0 saturated heterocycles. The van der Waals surface area contributed by atoms with E-state index in [4.69, 9.17) is 9.73 Å². The number of ether oxygens (including phenoxy) is 1. The van der Waals surface area contributed by atoms with Crippen LogP contribution < -0.4 is 15.4 Å². The van der Waals surface area contributed by atoms with Gasteiger partial charge >= 0.3 is 0 Å². The fourth-order valence-corrected chi connectivity index (χ4v) is 3.22. The van der Waals surface area contributed by atoms with Gasteiger partial charge in [0, 0.05) is 31.9 Å². The number of hydrogen-bond donors (Lipinski definition) is 2. The number of hydrogen-bond acceptors (Lipinski definition) is 3. The van der Waals surface area contributed by atoms with Gasteiger partial charge in [0.15, 0.2) is 5.96 Å². The third-order valence-corrected chi connectivity index (χ3v) is 4.74. The number of nitrogens with one attached hydrogen (secondary N) is 2. The topological polar surface area (TPSA) is 63.5 Å². The fourth-order valence-electron chi connectivity index (χ4n) is 3.22. The van der Waals surface area contributed by atoms with Crippen LogP contribution in [0.1, 0.15) is 36.4 Å². The van der Waals surface area contributed by atoms with Gasteiger partial charge in [0.05, 0.1) is 12.8 Å². The standard InChI is InChI=1S/C21H33N5O/c1-7-22-21(23-13-12-18-10-8-9-11-20(18)27-6)24-15(2)14-19-16(3)25-26(5)17(19)4/h8-11,15H,7,12-14H2,1-6H3,(H2,22,23,24). The van der Waals surface area contributed by atoms with Crippen LogP contribution in [0.2, 0.25) is 0 Å². The smallest absolute Gasteiger partial charge is 0.191 e. The van der Waals surface area contributed by atoms with Gasteiger partial charge in [-0.15, -0.1) is 0 Å². The summed E-state index contributed by atoms with van der Waals surface area (Å²) in [7, 11) is 3.70. The summed E-state index contributed by atoms with van der Waals surface area (Å²) in [6.07, 6.45) is 1.76. The number of methoxy groups -OCH3 is 1. The summed E-state index contributed by atoms with van der Waals surface area (Å²) in [6, 6.07) is 8.36. The molecule has 0 aliphatic carbocycles. The van der Waals surface area contributed by atoms with Gasteiger partial charge in [-0.3, -0.25) is 9.67 Å². The number of para-hydroxylation sites is 1. The van der Waals surface area contributed by atoms with Gasteiger partial charge in [0.2, 0.25) is 0 Å². The van der Waals surface area contributed by atoms with Crippen LogP contribution in [0, 0.1) is 13.8 Å². The van der Waals surface area contributed by atoms with Gasteiger partial charge in [-0.05, 0) is 57.7 Å². The molecule has 0 bridgehead atoms. The summed E-state index contributed by atoms with van der Waals surface area (Å²) in [6.45, 7) is 9.98. The summed E-state index contributed by atoms with van der Waals surface area (Å²) in [5, 5.41) is 11.4. The molecule has 0 saturated carbocycles. The summed E-state index contributed by atoms with van der Waals surface area (Å²) >= 11 is 0. The Balaban J connectivity index is 1.98. The molecule has 2 rings (SSSR count). The van der Waals surface area contributed by atoms with E-state index in [9.17, 15) is 0 Å². The van der Waals surface area contributed by atoms with Crippen molar-refractivity contribution in [3.63, 3.8) is 0 Å². The van der Waals surface area contributed by atoms with Crippen LogP contribution in [0.3, 0.4) is 0 Å². The molecule has 0 amide bonds. The zero-order valence-corrected chi connectivity index (χ0v) is 17.5. The lowest BCUT2D eigenvalue weighted by Crippen LogP contribution is -2.43. The number of nitrogens with zero attached hydrogens (tertiary/aromatic N) is 3. The Morgan fingerprint density at radius 2 is 2.04 bits per heavy atom. The van der Waals surface area contributed by atoms with Crippen molar-refractivity contribution in [1.29, 1.82) is 0 Å². The minimum atomic E-state index is 0.260. The molecule has 0 radical (unpaired) electrons. The number of aliphatic imine (C=N–C) groups is 1. The largest absolute Gasteiger partial charge is 0.496 e. The maximum absolute atomic E-state index is 5.42. The second-order valence-corrected chi connectivity index (χ2v) is 6.84. The van der Waals surface area contributed by atoms with E-state index >= 15 is 0 Å². The molecule has 1 heterocycles. The van der Waals surface area contributed by atoms with Gasteiger partial charge in [0.25, 0.3) is 0 Å². The highest BCUT2D eigenvalue weighted by Crippen LogP contribution is 2.17. The van der Waals surface area contributed by atoms with Crippen LogP contribution in [0.15, 0.2) is 29.3 Å². The number of benzene rings is 1. The van der Waals surface area contributed by atoms with Crippen LogP contribution >= 0.6 is 0 Å². The Morgan fingerprint density at radius 3 is 2.67 bits per heavy atom. The fraction of sp³-hybridized carbons (Fsp3) is 0.524. The molecular weight excluding hydrogens is 338 g/mol. The van der Waals surface area contributed by atoms with Crippen LogP contribution in [-0.2, 0) is 19.9 Å². The third-order valence-electron chi connectivity index (χ3n) is 4.74.